The number of hydrogen-bond donors (Lipinski definition) is 0. The van der Waals surface area contributed by atoms with Crippen LogP contribution in [0.2, 0.25) is 0 Å². The summed E-state index contributed by atoms with van der Waals surface area (Å²) >= 11 is 0. The first kappa shape index (κ1) is 10.9. The van der Waals surface area contributed by atoms with Crippen molar-refractivity contribution in [3.8, 4) is 5.88 Å². The van der Waals surface area contributed by atoms with Crippen molar-refractivity contribution in [2.24, 2.45) is 0 Å². The van der Waals surface area contributed by atoms with Crippen molar-refractivity contribution in [2.75, 3.05) is 7.11 Å². The average molecular weight is 171 g/mol. The lowest BCUT2D eigenvalue weighted by molar-refractivity contribution is 0.387. The van der Waals surface area contributed by atoms with Gasteiger partial charge in [0.15, 0.2) is 0 Å². The summed E-state index contributed by atoms with van der Waals surface area (Å²) in [5.74, 6) is -0.186. The minimum atomic E-state index is -0.503. The van der Waals surface area contributed by atoms with Crippen molar-refractivity contribution in [2.45, 2.75) is 20.8 Å². The van der Waals surface area contributed by atoms with Crippen LogP contribution in [0, 0.1) is 12.9 Å². The third-order valence-electron chi connectivity index (χ3n) is 1.12. The van der Waals surface area contributed by atoms with Gasteiger partial charge in [-0.1, -0.05) is 13.8 Å². The van der Waals surface area contributed by atoms with Crippen molar-refractivity contribution >= 4 is 0 Å². The molecule has 1 aromatic heterocycles. The fourth-order valence-corrected chi connectivity index (χ4v) is 0.699. The Kier molecular flexibility index (Phi) is 5.00. The quantitative estimate of drug-likeness (QED) is 0.606. The minimum absolute atomic E-state index is 0.317. The molecule has 0 fully saturated rings. The molecule has 3 heteroatoms. The normalized spacial score (nSPS) is 8.42. The number of aryl methyl sites for hydroxylation is 1. The topological polar surface area (TPSA) is 22.1 Å². The molecule has 0 aromatic carbocycles. The molecule has 0 amide bonds. The number of ether oxygens (including phenoxy) is 1. The Morgan fingerprint density at radius 3 is 2.33 bits per heavy atom. The lowest BCUT2D eigenvalue weighted by Crippen LogP contribution is -1.90. The first-order chi connectivity index (χ1) is 5.72. The van der Waals surface area contributed by atoms with Crippen LogP contribution in [0.3, 0.4) is 0 Å². The fourth-order valence-electron chi connectivity index (χ4n) is 0.699. The second-order valence-corrected chi connectivity index (χ2v) is 2.01. The van der Waals surface area contributed by atoms with Crippen molar-refractivity contribution < 1.29 is 9.13 Å². The molecule has 1 rings (SSSR count). The molecule has 0 saturated heterocycles. The van der Waals surface area contributed by atoms with Crippen LogP contribution >= 0.6 is 0 Å². The fraction of sp³-hybridized carbons (Fsp3) is 0.444. The van der Waals surface area contributed by atoms with E-state index in [1.807, 2.05) is 13.8 Å². The van der Waals surface area contributed by atoms with Crippen molar-refractivity contribution in [3.63, 3.8) is 0 Å². The first-order valence-corrected chi connectivity index (χ1v) is 3.90. The van der Waals surface area contributed by atoms with E-state index in [-0.39, 0.29) is 0 Å². The smallest absolute Gasteiger partial charge is 0.216 e. The molecule has 2 nitrogen and oxygen atoms in total. The van der Waals surface area contributed by atoms with E-state index in [0.29, 0.717) is 5.88 Å². The molecular weight excluding hydrogens is 157 g/mol. The highest BCUT2D eigenvalue weighted by atomic mass is 19.1. The molecular formula is C9H14FNO. The largest absolute Gasteiger partial charge is 0.481 e. The molecule has 12 heavy (non-hydrogen) atoms. The van der Waals surface area contributed by atoms with Gasteiger partial charge in [0, 0.05) is 6.07 Å². The molecule has 0 aliphatic rings. The van der Waals surface area contributed by atoms with Gasteiger partial charge in [-0.15, -0.1) is 0 Å². The highest BCUT2D eigenvalue weighted by molar-refractivity contribution is 5.19. The molecule has 0 radical (unpaired) electrons. The van der Waals surface area contributed by atoms with Gasteiger partial charge in [-0.3, -0.25) is 0 Å². The van der Waals surface area contributed by atoms with E-state index < -0.39 is 5.95 Å². The van der Waals surface area contributed by atoms with Gasteiger partial charge in [-0.2, -0.15) is 9.37 Å². The van der Waals surface area contributed by atoms with E-state index in [0.717, 1.165) is 5.56 Å². The maximum Gasteiger partial charge on any atom is 0.216 e. The molecule has 0 unspecified atom stereocenters. The lowest BCUT2D eigenvalue weighted by atomic mass is 10.3. The molecule has 0 spiro atoms. The van der Waals surface area contributed by atoms with Gasteiger partial charge in [0.1, 0.15) is 0 Å². The van der Waals surface area contributed by atoms with Gasteiger partial charge in [0.2, 0.25) is 11.8 Å². The third-order valence-corrected chi connectivity index (χ3v) is 1.12. The van der Waals surface area contributed by atoms with Crippen LogP contribution in [0.25, 0.3) is 0 Å². The van der Waals surface area contributed by atoms with E-state index in [9.17, 15) is 4.39 Å². The molecule has 0 atom stereocenters. The van der Waals surface area contributed by atoms with Gasteiger partial charge >= 0.3 is 0 Å². The second-order valence-electron chi connectivity index (χ2n) is 2.01. The highest BCUT2D eigenvalue weighted by Crippen LogP contribution is 2.09. The van der Waals surface area contributed by atoms with E-state index in [4.69, 9.17) is 4.74 Å². The van der Waals surface area contributed by atoms with Gasteiger partial charge < -0.3 is 4.74 Å². The maximum atomic E-state index is 12.4. The van der Waals surface area contributed by atoms with Gasteiger partial charge in [0.25, 0.3) is 0 Å². The van der Waals surface area contributed by atoms with Crippen LogP contribution in [0.4, 0.5) is 4.39 Å². The SMILES string of the molecule is CC.COc1cc(C)cc(F)n1. The molecule has 0 N–H and O–H groups in total. The van der Waals surface area contributed by atoms with Crippen LogP contribution in [-0.2, 0) is 0 Å². The zero-order valence-corrected chi connectivity index (χ0v) is 7.89. The van der Waals surface area contributed by atoms with Gasteiger partial charge in [0.05, 0.1) is 7.11 Å². The number of nitrogens with zero attached hydrogens (tertiary/aromatic N) is 1. The standard InChI is InChI=1S/C7H8FNO.C2H6/c1-5-3-6(8)9-7(4-5)10-2;1-2/h3-4H,1-2H3;1-2H3. The summed E-state index contributed by atoms with van der Waals surface area (Å²) in [4.78, 5) is 3.46. The van der Waals surface area contributed by atoms with E-state index >= 15 is 0 Å². The zero-order valence-electron chi connectivity index (χ0n) is 7.89. The predicted molar refractivity (Wildman–Crippen MR) is 46.8 cm³/mol. The molecule has 1 heterocycles. The Morgan fingerprint density at radius 2 is 1.92 bits per heavy atom. The number of hydrogen-bond acceptors (Lipinski definition) is 2. The number of halogens is 1. The molecule has 0 aliphatic heterocycles. The maximum absolute atomic E-state index is 12.4. The number of rotatable bonds is 1. The first-order valence-electron chi connectivity index (χ1n) is 3.90. The Morgan fingerprint density at radius 1 is 1.33 bits per heavy atom. The average Bonchev–Trinajstić information content (AvgIpc) is 2.06. The number of aromatic nitrogens is 1. The molecule has 68 valence electrons. The Labute approximate surface area is 72.4 Å². The summed E-state index contributed by atoms with van der Waals surface area (Å²) in [7, 11) is 1.46. The zero-order chi connectivity index (χ0) is 9.56. The summed E-state index contributed by atoms with van der Waals surface area (Å²) < 4.78 is 17.1. The molecule has 0 bridgehead atoms. The van der Waals surface area contributed by atoms with Crippen molar-refractivity contribution in [1.29, 1.82) is 0 Å². The number of pyridine rings is 1. The van der Waals surface area contributed by atoms with Gasteiger partial charge in [-0.25, -0.2) is 0 Å². The lowest BCUT2D eigenvalue weighted by Gasteiger charge is -1.98. The molecule has 1 aromatic rings. The van der Waals surface area contributed by atoms with E-state index in [1.165, 1.54) is 13.2 Å². The van der Waals surface area contributed by atoms with Crippen LogP contribution in [0.1, 0.15) is 19.4 Å². The molecule has 0 saturated carbocycles. The van der Waals surface area contributed by atoms with Crippen molar-refractivity contribution in [3.05, 3.63) is 23.6 Å². The van der Waals surface area contributed by atoms with Gasteiger partial charge in [-0.05, 0) is 18.6 Å². The minimum Gasteiger partial charge on any atom is -0.481 e. The Balaban J connectivity index is 0.000000561. The summed E-state index contributed by atoms with van der Waals surface area (Å²) in [5, 5.41) is 0. The van der Waals surface area contributed by atoms with Crippen LogP contribution in [0.15, 0.2) is 12.1 Å². The number of methoxy groups -OCH3 is 1. The van der Waals surface area contributed by atoms with Crippen LogP contribution in [0.5, 0.6) is 5.88 Å². The summed E-state index contributed by atoms with van der Waals surface area (Å²) in [6.07, 6.45) is 0. The van der Waals surface area contributed by atoms with Crippen LogP contribution in [-0.4, -0.2) is 12.1 Å². The highest BCUT2D eigenvalue weighted by Gasteiger charge is 1.96. The molecule has 0 aliphatic carbocycles. The van der Waals surface area contributed by atoms with Crippen LogP contribution < -0.4 is 4.74 Å². The van der Waals surface area contributed by atoms with E-state index in [2.05, 4.69) is 4.98 Å². The summed E-state index contributed by atoms with van der Waals surface area (Å²) in [5.41, 5.74) is 0.810. The Hall–Kier alpha value is -1.12. The summed E-state index contributed by atoms with van der Waals surface area (Å²) in [6, 6.07) is 3.02. The Bertz CT molecular complexity index is 218. The monoisotopic (exact) mass is 171 g/mol. The summed E-state index contributed by atoms with van der Waals surface area (Å²) in [6.45, 7) is 5.78. The second kappa shape index (κ2) is 5.52. The predicted octanol–water partition coefficient (Wildman–Crippen LogP) is 2.56. The third kappa shape index (κ3) is 3.32. The van der Waals surface area contributed by atoms with E-state index in [1.54, 1.807) is 13.0 Å². The van der Waals surface area contributed by atoms with Crippen molar-refractivity contribution in [1.82, 2.24) is 4.98 Å².